The van der Waals surface area contributed by atoms with E-state index in [9.17, 15) is 4.79 Å². The van der Waals surface area contributed by atoms with Gasteiger partial charge in [0.1, 0.15) is 0 Å². The number of carbonyl (C=O) groups is 1. The van der Waals surface area contributed by atoms with Gasteiger partial charge in [-0.3, -0.25) is 4.79 Å². The maximum Gasteiger partial charge on any atom is 0.236 e. The van der Waals surface area contributed by atoms with Gasteiger partial charge in [-0.2, -0.15) is 0 Å². The van der Waals surface area contributed by atoms with Gasteiger partial charge < -0.3 is 10.2 Å². The van der Waals surface area contributed by atoms with Crippen LogP contribution in [-0.2, 0) is 4.79 Å². The number of hydrogen-bond donors (Lipinski definition) is 1. The molecule has 0 fully saturated rings. The Morgan fingerprint density at radius 3 is 1.88 bits per heavy atom. The molecule has 17 heavy (non-hydrogen) atoms. The fraction of sp³-hybridized carbons (Fsp3) is 0.929. The fourth-order valence-electron chi connectivity index (χ4n) is 2.28. The summed E-state index contributed by atoms with van der Waals surface area (Å²) >= 11 is 0. The number of carbonyl (C=O) groups excluding carboxylic acids is 1. The van der Waals surface area contributed by atoms with Crippen LogP contribution in [0.1, 0.15) is 41.5 Å². The number of likely N-dealkylation sites (N-methyl/N-ethyl adjacent to an activating group) is 1. The predicted octanol–water partition coefficient (Wildman–Crippen LogP) is 2.37. The summed E-state index contributed by atoms with van der Waals surface area (Å²) in [6.45, 7) is 16.0. The lowest BCUT2D eigenvalue weighted by Crippen LogP contribution is -2.40. The van der Waals surface area contributed by atoms with Gasteiger partial charge in [0.05, 0.1) is 6.54 Å². The second kappa shape index (κ2) is 8.51. The molecule has 1 amide bonds. The van der Waals surface area contributed by atoms with Crippen LogP contribution in [0.25, 0.3) is 0 Å². The highest BCUT2D eigenvalue weighted by molar-refractivity contribution is 5.78. The van der Waals surface area contributed by atoms with Crippen molar-refractivity contribution in [3.63, 3.8) is 0 Å². The molecule has 0 saturated carbocycles. The first-order chi connectivity index (χ1) is 7.93. The molecule has 1 N–H and O–H groups in total. The van der Waals surface area contributed by atoms with Gasteiger partial charge in [0.15, 0.2) is 0 Å². The van der Waals surface area contributed by atoms with E-state index in [4.69, 9.17) is 0 Å². The number of nitrogens with zero attached hydrogens (tertiary/aromatic N) is 1. The van der Waals surface area contributed by atoms with Crippen molar-refractivity contribution >= 4 is 5.91 Å². The summed E-state index contributed by atoms with van der Waals surface area (Å²) in [5, 5.41) is 3.31. The summed E-state index contributed by atoms with van der Waals surface area (Å²) < 4.78 is 0. The van der Waals surface area contributed by atoms with Crippen molar-refractivity contribution in [2.75, 3.05) is 26.2 Å². The molecule has 0 rings (SSSR count). The molecule has 0 aliphatic rings. The summed E-state index contributed by atoms with van der Waals surface area (Å²) in [7, 11) is 0. The van der Waals surface area contributed by atoms with E-state index in [1.165, 1.54) is 0 Å². The van der Waals surface area contributed by atoms with Crippen LogP contribution in [0, 0.1) is 17.8 Å². The molecule has 0 aliphatic heterocycles. The zero-order valence-electron chi connectivity index (χ0n) is 12.4. The predicted molar refractivity (Wildman–Crippen MR) is 74.0 cm³/mol. The second-order valence-electron chi connectivity index (χ2n) is 5.35. The SMILES string of the molecule is CCN(CC)C(=O)CNCC(C(C)C)C(C)C. The molecule has 0 unspecified atom stereocenters. The molecule has 0 bridgehead atoms. The van der Waals surface area contributed by atoms with E-state index in [2.05, 4.69) is 33.0 Å². The molecule has 0 heterocycles. The minimum absolute atomic E-state index is 0.210. The van der Waals surface area contributed by atoms with Crippen molar-refractivity contribution in [2.24, 2.45) is 17.8 Å². The average Bonchev–Trinajstić information content (AvgIpc) is 2.24. The Bertz CT molecular complexity index is 202. The van der Waals surface area contributed by atoms with Crippen LogP contribution in [0.2, 0.25) is 0 Å². The van der Waals surface area contributed by atoms with Crippen LogP contribution >= 0.6 is 0 Å². The zero-order chi connectivity index (χ0) is 13.4. The lowest BCUT2D eigenvalue weighted by atomic mass is 9.85. The molecular weight excluding hydrogens is 212 g/mol. The molecule has 0 radical (unpaired) electrons. The van der Waals surface area contributed by atoms with Gasteiger partial charge in [0, 0.05) is 13.1 Å². The highest BCUT2D eigenvalue weighted by atomic mass is 16.2. The van der Waals surface area contributed by atoms with E-state index in [0.29, 0.717) is 24.3 Å². The summed E-state index contributed by atoms with van der Waals surface area (Å²) in [6, 6.07) is 0. The van der Waals surface area contributed by atoms with Gasteiger partial charge in [-0.1, -0.05) is 27.7 Å². The fourth-order valence-corrected chi connectivity index (χ4v) is 2.28. The quantitative estimate of drug-likeness (QED) is 0.709. The van der Waals surface area contributed by atoms with Crippen molar-refractivity contribution in [1.29, 1.82) is 0 Å². The average molecular weight is 242 g/mol. The van der Waals surface area contributed by atoms with Crippen LogP contribution in [0.3, 0.4) is 0 Å². The molecule has 0 spiro atoms. The number of rotatable bonds is 8. The number of amides is 1. The first-order valence-corrected chi connectivity index (χ1v) is 6.92. The summed E-state index contributed by atoms with van der Waals surface area (Å²) in [5.74, 6) is 2.16. The third-order valence-electron chi connectivity index (χ3n) is 3.49. The Morgan fingerprint density at radius 2 is 1.53 bits per heavy atom. The number of nitrogens with one attached hydrogen (secondary N) is 1. The van der Waals surface area contributed by atoms with Gasteiger partial charge >= 0.3 is 0 Å². The molecule has 102 valence electrons. The van der Waals surface area contributed by atoms with E-state index in [-0.39, 0.29) is 5.91 Å². The van der Waals surface area contributed by atoms with E-state index in [1.54, 1.807) is 0 Å². The van der Waals surface area contributed by atoms with E-state index >= 15 is 0 Å². The van der Waals surface area contributed by atoms with E-state index in [0.717, 1.165) is 19.6 Å². The molecule has 0 saturated heterocycles. The Labute approximate surface area is 107 Å². The lowest BCUT2D eigenvalue weighted by molar-refractivity contribution is -0.129. The Balaban J connectivity index is 4.00. The van der Waals surface area contributed by atoms with Gasteiger partial charge in [-0.25, -0.2) is 0 Å². The molecule has 0 atom stereocenters. The van der Waals surface area contributed by atoms with Crippen molar-refractivity contribution in [3.05, 3.63) is 0 Å². The Kier molecular flexibility index (Phi) is 8.23. The minimum Gasteiger partial charge on any atom is -0.342 e. The highest BCUT2D eigenvalue weighted by Crippen LogP contribution is 2.19. The van der Waals surface area contributed by atoms with Crippen LogP contribution in [0.5, 0.6) is 0 Å². The van der Waals surface area contributed by atoms with E-state index in [1.807, 2.05) is 18.7 Å². The molecule has 0 aromatic rings. The normalized spacial score (nSPS) is 11.6. The molecular formula is C14H30N2O. The maximum atomic E-state index is 11.8. The van der Waals surface area contributed by atoms with Gasteiger partial charge in [-0.05, 0) is 38.1 Å². The topological polar surface area (TPSA) is 32.3 Å². The summed E-state index contributed by atoms with van der Waals surface area (Å²) in [5.41, 5.74) is 0. The van der Waals surface area contributed by atoms with Crippen molar-refractivity contribution in [1.82, 2.24) is 10.2 Å². The molecule has 0 aromatic carbocycles. The molecule has 0 aliphatic carbocycles. The van der Waals surface area contributed by atoms with Crippen LogP contribution in [0.15, 0.2) is 0 Å². The minimum atomic E-state index is 0.210. The van der Waals surface area contributed by atoms with Crippen molar-refractivity contribution < 1.29 is 4.79 Å². The van der Waals surface area contributed by atoms with Gasteiger partial charge in [-0.15, -0.1) is 0 Å². The van der Waals surface area contributed by atoms with Crippen LogP contribution in [0.4, 0.5) is 0 Å². The third kappa shape index (κ3) is 6.06. The molecule has 3 nitrogen and oxygen atoms in total. The monoisotopic (exact) mass is 242 g/mol. The largest absolute Gasteiger partial charge is 0.342 e. The third-order valence-corrected chi connectivity index (χ3v) is 3.49. The zero-order valence-corrected chi connectivity index (χ0v) is 12.4. The van der Waals surface area contributed by atoms with E-state index < -0.39 is 0 Å². The summed E-state index contributed by atoms with van der Waals surface area (Å²) in [4.78, 5) is 13.7. The van der Waals surface area contributed by atoms with Crippen LogP contribution in [-0.4, -0.2) is 37.0 Å². The van der Waals surface area contributed by atoms with Gasteiger partial charge in [0.2, 0.25) is 5.91 Å². The van der Waals surface area contributed by atoms with Gasteiger partial charge in [0.25, 0.3) is 0 Å². The lowest BCUT2D eigenvalue weighted by Gasteiger charge is -2.26. The van der Waals surface area contributed by atoms with Crippen molar-refractivity contribution in [3.8, 4) is 0 Å². The maximum absolute atomic E-state index is 11.8. The smallest absolute Gasteiger partial charge is 0.236 e. The Morgan fingerprint density at radius 1 is 1.06 bits per heavy atom. The highest BCUT2D eigenvalue weighted by Gasteiger charge is 2.17. The number of hydrogen-bond acceptors (Lipinski definition) is 2. The molecule has 3 heteroatoms. The molecule has 0 aromatic heterocycles. The Hall–Kier alpha value is -0.570. The summed E-state index contributed by atoms with van der Waals surface area (Å²) in [6.07, 6.45) is 0. The van der Waals surface area contributed by atoms with Crippen LogP contribution < -0.4 is 5.32 Å². The second-order valence-corrected chi connectivity index (χ2v) is 5.35. The standard InChI is InChI=1S/C14H30N2O/c1-7-16(8-2)14(17)10-15-9-13(11(3)4)12(5)6/h11-13,15H,7-10H2,1-6H3. The first kappa shape index (κ1) is 16.4. The first-order valence-electron chi connectivity index (χ1n) is 6.92. The van der Waals surface area contributed by atoms with Crippen molar-refractivity contribution in [2.45, 2.75) is 41.5 Å².